The minimum absolute atomic E-state index is 0.592. The van der Waals surface area contributed by atoms with Gasteiger partial charge in [0.25, 0.3) is 0 Å². The zero-order valence-corrected chi connectivity index (χ0v) is 12.6. The normalized spacial score (nSPS) is 10.6. The Bertz CT molecular complexity index is 552. The molecule has 0 spiro atoms. The first kappa shape index (κ1) is 15.8. The molecule has 0 atom stereocenters. The van der Waals surface area contributed by atoms with Crippen LogP contribution < -0.4 is 5.46 Å². The summed E-state index contributed by atoms with van der Waals surface area (Å²) in [6.45, 7) is 2.20. The highest BCUT2D eigenvalue weighted by atomic mass is 16.4. The molecule has 0 radical (unpaired) electrons. The molecule has 0 aliphatic rings. The van der Waals surface area contributed by atoms with Gasteiger partial charge in [-0.3, -0.25) is 0 Å². The Labute approximate surface area is 127 Å². The van der Waals surface area contributed by atoms with E-state index in [0.717, 1.165) is 24.0 Å². The van der Waals surface area contributed by atoms with Crippen molar-refractivity contribution in [1.29, 1.82) is 0 Å². The highest BCUT2D eigenvalue weighted by molar-refractivity contribution is 6.60. The van der Waals surface area contributed by atoms with Gasteiger partial charge in [0.1, 0.15) is 0 Å². The first-order valence-corrected chi connectivity index (χ1v) is 7.76. The molecule has 0 saturated heterocycles. The van der Waals surface area contributed by atoms with Crippen LogP contribution in [0.5, 0.6) is 0 Å². The van der Waals surface area contributed by atoms with E-state index in [-0.39, 0.29) is 0 Å². The van der Waals surface area contributed by atoms with E-state index >= 15 is 0 Å². The lowest BCUT2D eigenvalue weighted by molar-refractivity contribution is 0.426. The van der Waals surface area contributed by atoms with Gasteiger partial charge in [-0.1, -0.05) is 74.7 Å². The summed E-state index contributed by atoms with van der Waals surface area (Å²) in [5.41, 5.74) is 3.67. The zero-order chi connectivity index (χ0) is 15.1. The molecule has 2 rings (SSSR count). The molecule has 0 heterocycles. The monoisotopic (exact) mass is 282 g/mol. The second kappa shape index (κ2) is 8.01. The highest BCUT2D eigenvalue weighted by Gasteiger charge is 2.17. The van der Waals surface area contributed by atoms with Crippen molar-refractivity contribution in [2.24, 2.45) is 0 Å². The van der Waals surface area contributed by atoms with E-state index in [4.69, 9.17) is 0 Å². The maximum absolute atomic E-state index is 9.66. The summed E-state index contributed by atoms with van der Waals surface area (Å²) in [6, 6.07) is 15.9. The Balaban J connectivity index is 2.20. The van der Waals surface area contributed by atoms with E-state index in [0.29, 0.717) is 5.46 Å². The summed E-state index contributed by atoms with van der Waals surface area (Å²) >= 11 is 0. The maximum Gasteiger partial charge on any atom is 0.489 e. The summed E-state index contributed by atoms with van der Waals surface area (Å²) in [4.78, 5) is 0. The van der Waals surface area contributed by atoms with Gasteiger partial charge in [-0.25, -0.2) is 0 Å². The van der Waals surface area contributed by atoms with Gasteiger partial charge < -0.3 is 10.0 Å². The molecule has 0 unspecified atom stereocenters. The molecule has 2 N–H and O–H groups in total. The van der Waals surface area contributed by atoms with Gasteiger partial charge in [0.15, 0.2) is 0 Å². The number of aryl methyl sites for hydroxylation is 1. The average Bonchev–Trinajstić information content (AvgIpc) is 2.52. The Morgan fingerprint density at radius 1 is 0.905 bits per heavy atom. The van der Waals surface area contributed by atoms with Crippen molar-refractivity contribution in [1.82, 2.24) is 0 Å². The Kier molecular flexibility index (Phi) is 6.03. The van der Waals surface area contributed by atoms with Crippen LogP contribution >= 0.6 is 0 Å². The minimum atomic E-state index is -1.43. The maximum atomic E-state index is 9.66. The van der Waals surface area contributed by atoms with Crippen LogP contribution in [0, 0.1) is 0 Å². The molecule has 2 nitrogen and oxygen atoms in total. The van der Waals surface area contributed by atoms with Crippen molar-refractivity contribution in [3.63, 3.8) is 0 Å². The van der Waals surface area contributed by atoms with Gasteiger partial charge in [0.05, 0.1) is 0 Å². The van der Waals surface area contributed by atoms with Crippen LogP contribution in [0.2, 0.25) is 0 Å². The Morgan fingerprint density at radius 3 is 2.33 bits per heavy atom. The lowest BCUT2D eigenvalue weighted by Gasteiger charge is -2.12. The minimum Gasteiger partial charge on any atom is -0.423 e. The third-order valence-corrected chi connectivity index (χ3v) is 3.80. The van der Waals surface area contributed by atoms with Gasteiger partial charge in [-0.05, 0) is 35.0 Å². The summed E-state index contributed by atoms with van der Waals surface area (Å²) in [7, 11) is -1.43. The summed E-state index contributed by atoms with van der Waals surface area (Å²) in [6.07, 6.45) is 5.87. The molecule has 0 amide bonds. The van der Waals surface area contributed by atoms with Crippen LogP contribution in [0.3, 0.4) is 0 Å². The second-order valence-electron chi connectivity index (χ2n) is 5.47. The van der Waals surface area contributed by atoms with E-state index in [1.165, 1.54) is 24.8 Å². The quantitative estimate of drug-likeness (QED) is 0.605. The first-order chi connectivity index (χ1) is 10.2. The zero-order valence-electron chi connectivity index (χ0n) is 12.6. The van der Waals surface area contributed by atoms with E-state index in [2.05, 4.69) is 13.0 Å². The third kappa shape index (κ3) is 4.45. The van der Waals surface area contributed by atoms with Crippen LogP contribution in [-0.4, -0.2) is 17.2 Å². The predicted octanol–water partition coefficient (Wildman–Crippen LogP) is 3.16. The molecule has 0 aliphatic carbocycles. The van der Waals surface area contributed by atoms with Crippen LogP contribution in [0.25, 0.3) is 11.1 Å². The molecule has 21 heavy (non-hydrogen) atoms. The molecule has 0 aliphatic heterocycles. The fraction of sp³-hybridized carbons (Fsp3) is 0.333. The molecule has 3 heteroatoms. The van der Waals surface area contributed by atoms with Crippen molar-refractivity contribution in [2.45, 2.75) is 39.0 Å². The molecule has 0 aromatic heterocycles. The van der Waals surface area contributed by atoms with Crippen LogP contribution in [-0.2, 0) is 6.42 Å². The molecule has 0 fully saturated rings. The molecule has 2 aromatic carbocycles. The Hall–Kier alpha value is -1.58. The molecule has 110 valence electrons. The number of hydrogen-bond donors (Lipinski definition) is 2. The van der Waals surface area contributed by atoms with Gasteiger partial charge in [0, 0.05) is 0 Å². The van der Waals surface area contributed by atoms with Crippen LogP contribution in [0.15, 0.2) is 48.5 Å². The van der Waals surface area contributed by atoms with Crippen molar-refractivity contribution in [3.8, 4) is 11.1 Å². The van der Waals surface area contributed by atoms with E-state index in [1.54, 1.807) is 0 Å². The average molecular weight is 282 g/mol. The van der Waals surface area contributed by atoms with E-state index < -0.39 is 7.12 Å². The van der Waals surface area contributed by atoms with Crippen molar-refractivity contribution in [3.05, 3.63) is 54.1 Å². The summed E-state index contributed by atoms with van der Waals surface area (Å²) in [5, 5.41) is 19.3. The van der Waals surface area contributed by atoms with Crippen LogP contribution in [0.4, 0.5) is 0 Å². The number of rotatable bonds is 7. The van der Waals surface area contributed by atoms with E-state index in [1.807, 2.05) is 42.5 Å². The molecular formula is C18H23BO2. The van der Waals surface area contributed by atoms with Gasteiger partial charge in [-0.15, -0.1) is 0 Å². The number of benzene rings is 2. The number of unbranched alkanes of at least 4 members (excludes halogenated alkanes) is 3. The first-order valence-electron chi connectivity index (χ1n) is 7.76. The second-order valence-corrected chi connectivity index (χ2v) is 5.47. The predicted molar refractivity (Wildman–Crippen MR) is 89.5 cm³/mol. The van der Waals surface area contributed by atoms with Crippen molar-refractivity contribution in [2.75, 3.05) is 0 Å². The van der Waals surface area contributed by atoms with Gasteiger partial charge in [0.2, 0.25) is 0 Å². The smallest absolute Gasteiger partial charge is 0.423 e. The van der Waals surface area contributed by atoms with Gasteiger partial charge >= 0.3 is 7.12 Å². The standard InChI is InChI=1S/C18H23BO2/c1-2-3-4-6-9-15-12-13-17(18(14-15)19(20)21)16-10-7-5-8-11-16/h5,7-8,10-14,20-21H,2-4,6,9H2,1H3. The summed E-state index contributed by atoms with van der Waals surface area (Å²) in [5.74, 6) is 0. The topological polar surface area (TPSA) is 40.5 Å². The van der Waals surface area contributed by atoms with E-state index in [9.17, 15) is 10.0 Å². The number of hydrogen-bond acceptors (Lipinski definition) is 2. The Morgan fingerprint density at radius 2 is 1.67 bits per heavy atom. The molecule has 0 saturated carbocycles. The van der Waals surface area contributed by atoms with Crippen LogP contribution in [0.1, 0.15) is 38.2 Å². The van der Waals surface area contributed by atoms with Crippen molar-refractivity contribution < 1.29 is 10.0 Å². The third-order valence-electron chi connectivity index (χ3n) is 3.80. The van der Waals surface area contributed by atoms with Gasteiger partial charge in [-0.2, -0.15) is 0 Å². The SMILES string of the molecule is CCCCCCc1ccc(-c2ccccc2)c(B(O)O)c1. The lowest BCUT2D eigenvalue weighted by atomic mass is 9.74. The fourth-order valence-electron chi connectivity index (χ4n) is 2.62. The largest absolute Gasteiger partial charge is 0.489 e. The highest BCUT2D eigenvalue weighted by Crippen LogP contribution is 2.19. The summed E-state index contributed by atoms with van der Waals surface area (Å²) < 4.78 is 0. The fourth-order valence-corrected chi connectivity index (χ4v) is 2.62. The molecule has 2 aromatic rings. The molecule has 0 bridgehead atoms. The molecular weight excluding hydrogens is 259 g/mol. The lowest BCUT2D eigenvalue weighted by Crippen LogP contribution is -2.32. The van der Waals surface area contributed by atoms with Crippen molar-refractivity contribution >= 4 is 12.6 Å².